The second-order valence-electron chi connectivity index (χ2n) is 5.33. The normalized spacial score (nSPS) is 11.4. The van der Waals surface area contributed by atoms with Crippen LogP contribution < -0.4 is 0 Å². The van der Waals surface area contributed by atoms with E-state index in [2.05, 4.69) is 0 Å². The number of benzene rings is 2. The highest BCUT2D eigenvalue weighted by atomic mass is 16.3. The van der Waals surface area contributed by atoms with Crippen LogP contribution in [-0.2, 0) is 7.05 Å². The molecule has 0 aliphatic heterocycles. The minimum absolute atomic E-state index is 0.0578. The Morgan fingerprint density at radius 2 is 1.86 bits per heavy atom. The zero-order valence-electron chi connectivity index (χ0n) is 12.6. The summed E-state index contributed by atoms with van der Waals surface area (Å²) in [5.41, 5.74) is 3.45. The Bertz CT molecular complexity index is 873. The van der Waals surface area contributed by atoms with Gasteiger partial charge >= 0.3 is 0 Å². The fourth-order valence-corrected chi connectivity index (χ4v) is 2.69. The predicted molar refractivity (Wildman–Crippen MR) is 89.1 cm³/mol. The second-order valence-corrected chi connectivity index (χ2v) is 5.33. The van der Waals surface area contributed by atoms with E-state index in [9.17, 15) is 9.90 Å². The van der Waals surface area contributed by atoms with Gasteiger partial charge in [0.25, 0.3) is 0 Å². The van der Waals surface area contributed by atoms with Crippen molar-refractivity contribution in [1.29, 1.82) is 0 Å². The average Bonchev–Trinajstić information content (AvgIpc) is 2.77. The molecule has 3 aromatic rings. The van der Waals surface area contributed by atoms with E-state index in [0.717, 1.165) is 22.2 Å². The minimum Gasteiger partial charge on any atom is -0.508 e. The number of carbonyl (C=O) groups excluding carboxylic acids is 1. The maximum atomic E-state index is 12.6. The largest absolute Gasteiger partial charge is 0.508 e. The molecule has 1 N–H and O–H groups in total. The van der Waals surface area contributed by atoms with Gasteiger partial charge < -0.3 is 9.67 Å². The van der Waals surface area contributed by atoms with E-state index in [0.29, 0.717) is 5.56 Å². The molecule has 0 radical (unpaired) electrons. The molecule has 0 aliphatic rings. The summed E-state index contributed by atoms with van der Waals surface area (Å²) in [6, 6.07) is 14.8. The van der Waals surface area contributed by atoms with E-state index in [1.807, 2.05) is 61.0 Å². The van der Waals surface area contributed by atoms with Crippen LogP contribution in [0.15, 0.2) is 54.6 Å². The smallest absolute Gasteiger partial charge is 0.188 e. The van der Waals surface area contributed by atoms with Crippen molar-refractivity contribution in [2.75, 3.05) is 0 Å². The quantitative estimate of drug-likeness (QED) is 0.583. The number of nitrogens with zero attached hydrogens (tertiary/aromatic N) is 1. The number of phenols is 1. The average molecular weight is 291 g/mol. The molecule has 0 fully saturated rings. The van der Waals surface area contributed by atoms with Gasteiger partial charge in [-0.15, -0.1) is 0 Å². The van der Waals surface area contributed by atoms with Gasteiger partial charge in [0.1, 0.15) is 5.75 Å². The van der Waals surface area contributed by atoms with Crippen LogP contribution in [0.1, 0.15) is 21.6 Å². The lowest BCUT2D eigenvalue weighted by atomic mass is 10.1. The molecule has 2 aromatic carbocycles. The van der Waals surface area contributed by atoms with Crippen LogP contribution in [0.5, 0.6) is 5.75 Å². The zero-order valence-corrected chi connectivity index (χ0v) is 12.6. The number of aromatic nitrogens is 1. The maximum Gasteiger partial charge on any atom is 0.188 e. The number of hydrogen-bond donors (Lipinski definition) is 1. The zero-order chi connectivity index (χ0) is 15.7. The summed E-state index contributed by atoms with van der Waals surface area (Å²) in [5.74, 6) is 0.108. The first-order valence-corrected chi connectivity index (χ1v) is 7.13. The molecule has 0 atom stereocenters. The van der Waals surface area contributed by atoms with Gasteiger partial charge in [0.2, 0.25) is 0 Å². The molecule has 0 amide bonds. The number of fused-ring (bicyclic) bond motifs is 1. The van der Waals surface area contributed by atoms with Crippen molar-refractivity contribution < 1.29 is 9.90 Å². The number of rotatable bonds is 3. The Morgan fingerprint density at radius 1 is 1.14 bits per heavy atom. The summed E-state index contributed by atoms with van der Waals surface area (Å²) < 4.78 is 1.97. The van der Waals surface area contributed by atoms with Crippen molar-refractivity contribution in [1.82, 2.24) is 4.57 Å². The molecule has 3 heteroatoms. The molecular weight excluding hydrogens is 274 g/mol. The Hall–Kier alpha value is -2.81. The lowest BCUT2D eigenvalue weighted by Crippen LogP contribution is -1.98. The molecule has 1 heterocycles. The summed E-state index contributed by atoms with van der Waals surface area (Å²) in [5, 5.41) is 10.5. The molecule has 1 aromatic heterocycles. The molecule has 110 valence electrons. The van der Waals surface area contributed by atoms with Crippen molar-refractivity contribution in [3.8, 4) is 5.75 Å². The Balaban J connectivity index is 2.06. The number of phenolic OH excluding ortho intramolecular Hbond substituents is 1. The number of aromatic hydroxyl groups is 1. The van der Waals surface area contributed by atoms with Gasteiger partial charge in [-0.25, -0.2) is 0 Å². The highest BCUT2D eigenvalue weighted by Gasteiger charge is 2.16. The third-order valence-corrected chi connectivity index (χ3v) is 3.95. The van der Waals surface area contributed by atoms with E-state index >= 15 is 0 Å². The second kappa shape index (κ2) is 5.53. The Morgan fingerprint density at radius 3 is 2.59 bits per heavy atom. The van der Waals surface area contributed by atoms with Crippen LogP contribution in [0.3, 0.4) is 0 Å². The van der Waals surface area contributed by atoms with E-state index in [4.69, 9.17) is 0 Å². The fraction of sp³-hybridized carbons (Fsp3) is 0.105. The SMILES string of the molecule is Cc1c(C(=O)/C=C/c2ccccc2)c2cc(O)ccc2n1C. The molecule has 0 spiro atoms. The van der Waals surface area contributed by atoms with Crippen molar-refractivity contribution in [2.45, 2.75) is 6.92 Å². The molecule has 3 nitrogen and oxygen atoms in total. The van der Waals surface area contributed by atoms with Crippen LogP contribution in [0.4, 0.5) is 0 Å². The standard InChI is InChI=1S/C19H17NO2/c1-13-19(16-12-15(21)9-10-17(16)20(13)2)18(22)11-8-14-6-4-3-5-7-14/h3-12,21H,1-2H3/b11-8+. The van der Waals surface area contributed by atoms with Crippen molar-refractivity contribution in [3.63, 3.8) is 0 Å². The van der Waals surface area contributed by atoms with Gasteiger partial charge in [-0.05, 0) is 36.8 Å². The number of allylic oxidation sites excluding steroid dienone is 1. The van der Waals surface area contributed by atoms with Crippen LogP contribution in [0.2, 0.25) is 0 Å². The van der Waals surface area contributed by atoms with Gasteiger partial charge in [-0.2, -0.15) is 0 Å². The first-order chi connectivity index (χ1) is 10.6. The first kappa shape index (κ1) is 14.1. The van der Waals surface area contributed by atoms with Crippen molar-refractivity contribution in [2.24, 2.45) is 7.05 Å². The molecule has 22 heavy (non-hydrogen) atoms. The summed E-state index contributed by atoms with van der Waals surface area (Å²) in [6.07, 6.45) is 3.39. The summed E-state index contributed by atoms with van der Waals surface area (Å²) in [4.78, 5) is 12.6. The van der Waals surface area contributed by atoms with Gasteiger partial charge in [-0.1, -0.05) is 36.4 Å². The van der Waals surface area contributed by atoms with Crippen LogP contribution >= 0.6 is 0 Å². The number of carbonyl (C=O) groups is 1. The monoisotopic (exact) mass is 291 g/mol. The minimum atomic E-state index is -0.0578. The van der Waals surface area contributed by atoms with E-state index in [-0.39, 0.29) is 11.5 Å². The van der Waals surface area contributed by atoms with E-state index in [1.165, 1.54) is 0 Å². The molecule has 0 bridgehead atoms. The van der Waals surface area contributed by atoms with Gasteiger partial charge in [0.15, 0.2) is 5.78 Å². The van der Waals surface area contributed by atoms with Gasteiger partial charge in [0, 0.05) is 23.6 Å². The van der Waals surface area contributed by atoms with Crippen molar-refractivity contribution in [3.05, 3.63) is 71.4 Å². The van der Waals surface area contributed by atoms with Crippen LogP contribution in [0.25, 0.3) is 17.0 Å². The topological polar surface area (TPSA) is 42.2 Å². The Kier molecular flexibility index (Phi) is 3.55. The predicted octanol–water partition coefficient (Wildman–Crippen LogP) is 4.09. The molecule has 0 saturated heterocycles. The molecular formula is C19H17NO2. The molecule has 0 saturated carbocycles. The van der Waals surface area contributed by atoms with Crippen LogP contribution in [-0.4, -0.2) is 15.5 Å². The fourth-order valence-electron chi connectivity index (χ4n) is 2.69. The molecule has 0 aliphatic carbocycles. The third kappa shape index (κ3) is 2.42. The highest BCUT2D eigenvalue weighted by molar-refractivity contribution is 6.16. The maximum absolute atomic E-state index is 12.6. The highest BCUT2D eigenvalue weighted by Crippen LogP contribution is 2.28. The van der Waals surface area contributed by atoms with Crippen LogP contribution in [0, 0.1) is 6.92 Å². The molecule has 0 unspecified atom stereocenters. The number of ketones is 1. The van der Waals surface area contributed by atoms with E-state index in [1.54, 1.807) is 18.2 Å². The number of hydrogen-bond acceptors (Lipinski definition) is 2. The summed E-state index contributed by atoms with van der Waals surface area (Å²) in [7, 11) is 1.92. The molecule has 3 rings (SSSR count). The summed E-state index contributed by atoms with van der Waals surface area (Å²) >= 11 is 0. The van der Waals surface area contributed by atoms with Gasteiger partial charge in [0.05, 0.1) is 5.56 Å². The van der Waals surface area contributed by atoms with Crippen molar-refractivity contribution >= 4 is 22.8 Å². The third-order valence-electron chi connectivity index (χ3n) is 3.95. The first-order valence-electron chi connectivity index (χ1n) is 7.13. The lowest BCUT2D eigenvalue weighted by molar-refractivity contribution is 0.104. The Labute approximate surface area is 129 Å². The summed E-state index contributed by atoms with van der Waals surface area (Å²) in [6.45, 7) is 1.92. The van der Waals surface area contributed by atoms with E-state index < -0.39 is 0 Å². The number of aryl methyl sites for hydroxylation is 1. The van der Waals surface area contributed by atoms with Gasteiger partial charge in [-0.3, -0.25) is 4.79 Å². The lowest BCUT2D eigenvalue weighted by Gasteiger charge is -1.98.